The van der Waals surface area contributed by atoms with Crippen molar-refractivity contribution in [3.05, 3.63) is 60.2 Å². The molecule has 6 rings (SSSR count). The van der Waals surface area contributed by atoms with Crippen LogP contribution in [-0.4, -0.2) is 60.4 Å². The first-order valence-corrected chi connectivity index (χ1v) is 24.2. The Morgan fingerprint density at radius 3 is 2.19 bits per heavy atom. The predicted octanol–water partition coefficient (Wildman–Crippen LogP) is 9.16. The van der Waals surface area contributed by atoms with Crippen molar-refractivity contribution >= 4 is 45.2 Å². The molecular weight excluding hydrogens is 655 g/mol. The molecule has 1 aliphatic carbocycles. The standard InChI is InChI=1S/C36H53N5O4SSi2/c1-35(2,3)47(7,8)44-30-27(21-46-20-26-28(23-14-12-11-13-15-23)40-43-29(26)24-16-17-24)42-34(31(30)45-48(9,10)36(4,5)6)41-19-18-25-32(37)38-22-39-33(25)41/h11-15,18-19,22,24,27,30-31,34H,16-17,20-21H2,1-10H3,(H2,37,38,39)/t27-,30-,31-,34-/m1/s1. The maximum Gasteiger partial charge on any atom is 0.192 e. The fraction of sp³-hybridized carbons (Fsp3) is 0.583. The second-order valence-electron chi connectivity index (χ2n) is 16.5. The summed E-state index contributed by atoms with van der Waals surface area (Å²) in [5, 5.41) is 5.38. The summed E-state index contributed by atoms with van der Waals surface area (Å²) in [6.45, 7) is 22.9. The van der Waals surface area contributed by atoms with Crippen LogP contribution in [0.5, 0.6) is 0 Å². The predicted molar refractivity (Wildman–Crippen MR) is 200 cm³/mol. The second kappa shape index (κ2) is 13.0. The Labute approximate surface area is 292 Å². The molecule has 2 N–H and O–H groups in total. The number of fused-ring (bicyclic) bond motifs is 1. The average Bonchev–Trinajstić information content (AvgIpc) is 3.48. The molecule has 1 saturated heterocycles. The number of hydrogen-bond donors (Lipinski definition) is 1. The second-order valence-corrected chi connectivity index (χ2v) is 27.0. The van der Waals surface area contributed by atoms with E-state index in [0.717, 1.165) is 52.4 Å². The molecule has 1 aromatic carbocycles. The molecule has 1 aliphatic heterocycles. The van der Waals surface area contributed by atoms with Crippen LogP contribution in [0.25, 0.3) is 22.3 Å². The molecule has 3 aromatic heterocycles. The Kier molecular flexibility index (Phi) is 9.57. The summed E-state index contributed by atoms with van der Waals surface area (Å²) in [4.78, 5) is 8.88. The molecule has 48 heavy (non-hydrogen) atoms. The van der Waals surface area contributed by atoms with E-state index in [0.29, 0.717) is 11.7 Å². The van der Waals surface area contributed by atoms with Gasteiger partial charge in [-0.1, -0.05) is 77.0 Å². The van der Waals surface area contributed by atoms with Crippen LogP contribution in [-0.2, 0) is 19.3 Å². The molecule has 0 unspecified atom stereocenters. The Morgan fingerprint density at radius 2 is 1.56 bits per heavy atom. The van der Waals surface area contributed by atoms with Gasteiger partial charge in [-0.2, -0.15) is 11.8 Å². The monoisotopic (exact) mass is 707 g/mol. The first kappa shape index (κ1) is 35.3. The van der Waals surface area contributed by atoms with Crippen molar-refractivity contribution in [3.63, 3.8) is 0 Å². The van der Waals surface area contributed by atoms with E-state index < -0.39 is 22.9 Å². The van der Waals surface area contributed by atoms with E-state index in [1.165, 1.54) is 11.9 Å². The van der Waals surface area contributed by atoms with Gasteiger partial charge < -0.3 is 28.4 Å². The van der Waals surface area contributed by atoms with Crippen LogP contribution in [0.4, 0.5) is 5.82 Å². The Morgan fingerprint density at radius 1 is 0.917 bits per heavy atom. The molecule has 4 aromatic rings. The van der Waals surface area contributed by atoms with Crippen molar-refractivity contribution in [2.45, 2.75) is 127 Å². The van der Waals surface area contributed by atoms with Gasteiger partial charge in [0.1, 0.15) is 41.5 Å². The van der Waals surface area contributed by atoms with Crippen LogP contribution in [0.1, 0.15) is 77.9 Å². The van der Waals surface area contributed by atoms with Crippen molar-refractivity contribution in [2.75, 3.05) is 11.5 Å². The molecule has 4 atom stereocenters. The molecule has 0 bridgehead atoms. The van der Waals surface area contributed by atoms with Gasteiger partial charge in [-0.15, -0.1) is 0 Å². The summed E-state index contributed by atoms with van der Waals surface area (Å²) < 4.78 is 29.9. The molecule has 0 amide bonds. The molecule has 0 radical (unpaired) electrons. The topological polar surface area (TPSA) is 110 Å². The molecule has 2 aliphatic rings. The highest BCUT2D eigenvalue weighted by Crippen LogP contribution is 2.48. The highest BCUT2D eigenvalue weighted by Gasteiger charge is 2.54. The lowest BCUT2D eigenvalue weighted by atomic mass is 10.1. The van der Waals surface area contributed by atoms with Gasteiger partial charge in [0.15, 0.2) is 22.9 Å². The SMILES string of the molecule is CC(C)(C)[Si](C)(C)O[C@@H]1[C@H](O[Si](C)(C)C(C)(C)C)[C@@H](CSCc2c(-c3ccccc3)noc2C2CC2)O[C@H]1n1ccc2c(N)ncnc21. The van der Waals surface area contributed by atoms with Crippen molar-refractivity contribution in [1.29, 1.82) is 0 Å². The number of nitrogen functional groups attached to an aromatic ring is 1. The fourth-order valence-electron chi connectivity index (χ4n) is 5.79. The zero-order valence-electron chi connectivity index (χ0n) is 30.2. The van der Waals surface area contributed by atoms with Gasteiger partial charge >= 0.3 is 0 Å². The Bertz CT molecular complexity index is 1730. The summed E-state index contributed by atoms with van der Waals surface area (Å²) in [5.41, 5.74) is 10.3. The molecular formula is C36H53N5O4SSi2. The summed E-state index contributed by atoms with van der Waals surface area (Å²) in [6.07, 6.45) is 4.57. The lowest BCUT2D eigenvalue weighted by Crippen LogP contribution is -2.53. The van der Waals surface area contributed by atoms with Gasteiger partial charge in [-0.25, -0.2) is 9.97 Å². The number of hydrogen-bond acceptors (Lipinski definition) is 9. The van der Waals surface area contributed by atoms with Gasteiger partial charge in [0.05, 0.1) is 11.5 Å². The first-order valence-electron chi connectivity index (χ1n) is 17.2. The van der Waals surface area contributed by atoms with Crippen LogP contribution >= 0.6 is 11.8 Å². The van der Waals surface area contributed by atoms with Gasteiger partial charge in [0.25, 0.3) is 0 Å². The molecule has 1 saturated carbocycles. The van der Waals surface area contributed by atoms with Crippen LogP contribution in [0.2, 0.25) is 36.3 Å². The number of thioether (sulfide) groups is 1. The third kappa shape index (κ3) is 6.93. The molecule has 0 spiro atoms. The van der Waals surface area contributed by atoms with Crippen molar-refractivity contribution in [2.24, 2.45) is 0 Å². The van der Waals surface area contributed by atoms with Crippen LogP contribution in [0, 0.1) is 0 Å². The minimum absolute atomic E-state index is 0.00139. The first-order chi connectivity index (χ1) is 22.5. The lowest BCUT2D eigenvalue weighted by Gasteiger charge is -2.44. The molecule has 9 nitrogen and oxygen atoms in total. The Balaban J connectivity index is 1.36. The average molecular weight is 708 g/mol. The van der Waals surface area contributed by atoms with Gasteiger partial charge in [0.2, 0.25) is 0 Å². The smallest absolute Gasteiger partial charge is 0.192 e. The zero-order chi connectivity index (χ0) is 34.6. The van der Waals surface area contributed by atoms with E-state index in [2.05, 4.69) is 112 Å². The van der Waals surface area contributed by atoms with E-state index in [4.69, 9.17) is 23.8 Å². The fourth-order valence-corrected chi connectivity index (χ4v) is 9.50. The maximum atomic E-state index is 7.36. The van der Waals surface area contributed by atoms with E-state index in [-0.39, 0.29) is 28.4 Å². The summed E-state index contributed by atoms with van der Waals surface area (Å²) in [7, 11) is -4.52. The van der Waals surface area contributed by atoms with E-state index >= 15 is 0 Å². The maximum absolute atomic E-state index is 7.36. The number of rotatable bonds is 11. The summed E-state index contributed by atoms with van der Waals surface area (Å²) in [6, 6.07) is 12.3. The number of ether oxygens (including phenoxy) is 1. The summed E-state index contributed by atoms with van der Waals surface area (Å²) >= 11 is 1.86. The lowest BCUT2D eigenvalue weighted by molar-refractivity contribution is -0.0244. The molecule has 260 valence electrons. The molecule has 2 fully saturated rings. The molecule has 4 heterocycles. The minimum atomic E-state index is -2.27. The van der Waals surface area contributed by atoms with Crippen molar-refractivity contribution in [1.82, 2.24) is 19.7 Å². The third-order valence-corrected chi connectivity index (χ3v) is 20.9. The normalized spacial score (nSPS) is 22.5. The van der Waals surface area contributed by atoms with Gasteiger partial charge in [0, 0.05) is 34.7 Å². The minimum Gasteiger partial charge on any atom is -0.408 e. The van der Waals surface area contributed by atoms with Crippen LogP contribution < -0.4 is 5.73 Å². The Hall–Kier alpha value is -2.49. The number of nitrogens with zero attached hydrogens (tertiary/aromatic N) is 4. The van der Waals surface area contributed by atoms with Crippen LogP contribution in [0.15, 0.2) is 53.4 Å². The van der Waals surface area contributed by atoms with Gasteiger partial charge in [-0.3, -0.25) is 0 Å². The number of nitrogens with two attached hydrogens (primary N) is 1. The van der Waals surface area contributed by atoms with E-state index in [9.17, 15) is 0 Å². The zero-order valence-corrected chi connectivity index (χ0v) is 33.1. The largest absolute Gasteiger partial charge is 0.408 e. The quantitative estimate of drug-likeness (QED) is 0.153. The van der Waals surface area contributed by atoms with E-state index in [1.807, 2.05) is 30.1 Å². The highest BCUT2D eigenvalue weighted by molar-refractivity contribution is 7.98. The number of benzene rings is 1. The third-order valence-electron chi connectivity index (χ3n) is 10.9. The van der Waals surface area contributed by atoms with Crippen LogP contribution in [0.3, 0.4) is 0 Å². The summed E-state index contributed by atoms with van der Waals surface area (Å²) in [5.74, 6) is 3.46. The highest BCUT2D eigenvalue weighted by atomic mass is 32.2. The molecule has 12 heteroatoms. The van der Waals surface area contributed by atoms with Gasteiger partial charge in [-0.05, 0) is 55.2 Å². The number of anilines is 1. The van der Waals surface area contributed by atoms with Crippen molar-refractivity contribution in [3.8, 4) is 11.3 Å². The van der Waals surface area contributed by atoms with Crippen molar-refractivity contribution < 1.29 is 18.1 Å². The van der Waals surface area contributed by atoms with E-state index in [1.54, 1.807) is 0 Å². The number of aromatic nitrogens is 4.